The Labute approximate surface area is 92.7 Å². The van der Waals surface area contributed by atoms with Gasteiger partial charge in [0.2, 0.25) is 5.56 Å². The molecule has 0 unspecified atom stereocenters. The Balaban J connectivity index is 2.67. The van der Waals surface area contributed by atoms with Gasteiger partial charge in [0.05, 0.1) is 5.56 Å². The van der Waals surface area contributed by atoms with E-state index in [1.54, 1.807) is 23.7 Å². The van der Waals surface area contributed by atoms with Gasteiger partial charge in [0.1, 0.15) is 0 Å². The highest BCUT2D eigenvalue weighted by molar-refractivity contribution is 7.98. The van der Waals surface area contributed by atoms with Crippen LogP contribution in [0.15, 0.2) is 23.1 Å². The summed E-state index contributed by atoms with van der Waals surface area (Å²) < 4.78 is 0. The van der Waals surface area contributed by atoms with E-state index in [0.29, 0.717) is 12.1 Å². The van der Waals surface area contributed by atoms with Gasteiger partial charge in [-0.3, -0.25) is 9.59 Å². The molecule has 0 aromatic carbocycles. The van der Waals surface area contributed by atoms with Crippen LogP contribution in [0.1, 0.15) is 10.4 Å². The van der Waals surface area contributed by atoms with Crippen LogP contribution in [0.4, 0.5) is 0 Å². The quantitative estimate of drug-likeness (QED) is 0.826. The number of rotatable bonds is 4. The number of aromatic nitrogens is 1. The van der Waals surface area contributed by atoms with E-state index < -0.39 is 0 Å². The highest BCUT2D eigenvalue weighted by atomic mass is 32.2. The Hall–Kier alpha value is -1.23. The molecular formula is C10H14N2O2S. The number of nitrogens with zero attached hydrogens (tertiary/aromatic N) is 1. The Kier molecular flexibility index (Phi) is 4.42. The van der Waals surface area contributed by atoms with Crippen molar-refractivity contribution in [2.24, 2.45) is 0 Å². The number of hydrogen-bond acceptors (Lipinski definition) is 3. The van der Waals surface area contributed by atoms with Crippen LogP contribution in [-0.4, -0.2) is 41.4 Å². The standard InChI is InChI=1S/C10H14N2O2S/c1-12(5-6-15-2)10(14)8-3-4-9(13)11-7-8/h3-4,7H,5-6H2,1-2H3,(H,11,13). The molecule has 1 rings (SSSR count). The Morgan fingerprint density at radius 3 is 2.80 bits per heavy atom. The molecule has 0 atom stereocenters. The van der Waals surface area contributed by atoms with Gasteiger partial charge in [-0.15, -0.1) is 0 Å². The maximum absolute atomic E-state index is 11.8. The summed E-state index contributed by atoms with van der Waals surface area (Å²) in [5.41, 5.74) is 0.316. The van der Waals surface area contributed by atoms with Crippen LogP contribution in [0, 0.1) is 0 Å². The van der Waals surface area contributed by atoms with Crippen LogP contribution in [-0.2, 0) is 0 Å². The van der Waals surface area contributed by atoms with Gasteiger partial charge in [0, 0.05) is 31.6 Å². The lowest BCUT2D eigenvalue weighted by molar-refractivity contribution is 0.0803. The molecule has 0 radical (unpaired) electrons. The van der Waals surface area contributed by atoms with Crippen molar-refractivity contribution in [2.45, 2.75) is 0 Å². The number of aromatic amines is 1. The third-order valence-electron chi connectivity index (χ3n) is 2.01. The Morgan fingerprint density at radius 1 is 1.53 bits per heavy atom. The van der Waals surface area contributed by atoms with Gasteiger partial charge >= 0.3 is 0 Å². The zero-order valence-corrected chi connectivity index (χ0v) is 9.63. The zero-order valence-electron chi connectivity index (χ0n) is 8.82. The fraction of sp³-hybridized carbons (Fsp3) is 0.400. The second-order valence-corrected chi connectivity index (χ2v) is 4.15. The van der Waals surface area contributed by atoms with Gasteiger partial charge in [0.15, 0.2) is 0 Å². The van der Waals surface area contributed by atoms with Gasteiger partial charge in [-0.2, -0.15) is 11.8 Å². The molecule has 1 aromatic heterocycles. The molecule has 0 saturated carbocycles. The number of hydrogen-bond donors (Lipinski definition) is 1. The van der Waals surface area contributed by atoms with Crippen LogP contribution in [0.3, 0.4) is 0 Å². The highest BCUT2D eigenvalue weighted by Crippen LogP contribution is 2.01. The molecule has 0 saturated heterocycles. The second kappa shape index (κ2) is 5.60. The number of nitrogens with one attached hydrogen (secondary N) is 1. The van der Waals surface area contributed by atoms with Crippen molar-refractivity contribution in [1.82, 2.24) is 9.88 Å². The van der Waals surface area contributed by atoms with E-state index in [2.05, 4.69) is 4.98 Å². The van der Waals surface area contributed by atoms with E-state index in [1.165, 1.54) is 18.3 Å². The summed E-state index contributed by atoms with van der Waals surface area (Å²) in [5.74, 6) is 0.839. The third-order valence-corrected chi connectivity index (χ3v) is 2.60. The number of carbonyl (C=O) groups is 1. The first kappa shape index (κ1) is 11.8. The molecule has 15 heavy (non-hydrogen) atoms. The largest absolute Gasteiger partial charge is 0.341 e. The summed E-state index contributed by atoms with van der Waals surface area (Å²) in [6, 6.07) is 2.90. The minimum absolute atomic E-state index is 0.0692. The number of H-pyrrole nitrogens is 1. The number of thioether (sulfide) groups is 1. The van der Waals surface area contributed by atoms with E-state index in [1.807, 2.05) is 6.26 Å². The predicted octanol–water partition coefficient (Wildman–Crippen LogP) is 0.810. The smallest absolute Gasteiger partial charge is 0.255 e. The van der Waals surface area contributed by atoms with Crippen molar-refractivity contribution < 1.29 is 4.79 Å². The summed E-state index contributed by atoms with van der Waals surface area (Å²) in [5, 5.41) is 0. The van der Waals surface area contributed by atoms with Gasteiger partial charge in [-0.05, 0) is 12.3 Å². The predicted molar refractivity (Wildman–Crippen MR) is 62.4 cm³/mol. The van der Waals surface area contributed by atoms with Crippen molar-refractivity contribution in [1.29, 1.82) is 0 Å². The highest BCUT2D eigenvalue weighted by Gasteiger charge is 2.10. The normalized spacial score (nSPS) is 10.0. The van der Waals surface area contributed by atoms with E-state index >= 15 is 0 Å². The molecule has 0 bridgehead atoms. The van der Waals surface area contributed by atoms with Crippen molar-refractivity contribution >= 4 is 17.7 Å². The maximum atomic E-state index is 11.8. The molecule has 0 fully saturated rings. The summed E-state index contributed by atoms with van der Waals surface area (Å²) in [7, 11) is 1.75. The van der Waals surface area contributed by atoms with Crippen LogP contribution in [0.2, 0.25) is 0 Å². The van der Waals surface area contributed by atoms with E-state index in [4.69, 9.17) is 0 Å². The van der Waals surface area contributed by atoms with Crippen LogP contribution in [0.25, 0.3) is 0 Å². The molecule has 0 spiro atoms. The molecule has 1 aromatic rings. The van der Waals surface area contributed by atoms with Crippen molar-refractivity contribution in [3.63, 3.8) is 0 Å². The van der Waals surface area contributed by atoms with E-state index in [-0.39, 0.29) is 11.5 Å². The Bertz CT molecular complexity index is 369. The molecule has 82 valence electrons. The van der Waals surface area contributed by atoms with E-state index in [0.717, 1.165) is 5.75 Å². The third kappa shape index (κ3) is 3.43. The molecule has 1 heterocycles. The zero-order chi connectivity index (χ0) is 11.3. The molecule has 0 aliphatic carbocycles. The lowest BCUT2D eigenvalue weighted by Crippen LogP contribution is -2.29. The topological polar surface area (TPSA) is 53.2 Å². The fourth-order valence-corrected chi connectivity index (χ4v) is 1.55. The molecule has 1 amide bonds. The molecule has 5 heteroatoms. The maximum Gasteiger partial charge on any atom is 0.255 e. The molecule has 4 nitrogen and oxygen atoms in total. The lowest BCUT2D eigenvalue weighted by Gasteiger charge is -2.15. The van der Waals surface area contributed by atoms with Crippen molar-refractivity contribution in [2.75, 3.05) is 25.6 Å². The van der Waals surface area contributed by atoms with E-state index in [9.17, 15) is 9.59 Å². The second-order valence-electron chi connectivity index (χ2n) is 3.16. The average molecular weight is 226 g/mol. The molecule has 0 aliphatic heterocycles. The number of amides is 1. The number of carbonyl (C=O) groups excluding carboxylic acids is 1. The lowest BCUT2D eigenvalue weighted by atomic mass is 10.2. The summed E-state index contributed by atoms with van der Waals surface area (Å²) >= 11 is 1.69. The average Bonchev–Trinajstić information content (AvgIpc) is 2.26. The molecule has 1 N–H and O–H groups in total. The summed E-state index contributed by atoms with van der Waals surface area (Å²) in [4.78, 5) is 26.7. The molecular weight excluding hydrogens is 212 g/mol. The van der Waals surface area contributed by atoms with Gasteiger partial charge < -0.3 is 9.88 Å². The summed E-state index contributed by atoms with van der Waals surface area (Å²) in [6.07, 6.45) is 3.44. The first-order valence-electron chi connectivity index (χ1n) is 4.58. The Morgan fingerprint density at radius 2 is 2.27 bits per heavy atom. The monoisotopic (exact) mass is 226 g/mol. The van der Waals surface area contributed by atoms with Crippen LogP contribution in [0.5, 0.6) is 0 Å². The SMILES string of the molecule is CSCCN(C)C(=O)c1ccc(=O)[nH]c1. The van der Waals surface area contributed by atoms with Crippen molar-refractivity contribution in [3.05, 3.63) is 34.2 Å². The minimum atomic E-state index is -0.196. The minimum Gasteiger partial charge on any atom is -0.341 e. The van der Waals surface area contributed by atoms with Crippen molar-refractivity contribution in [3.8, 4) is 0 Å². The first-order chi connectivity index (χ1) is 7.15. The summed E-state index contributed by atoms with van der Waals surface area (Å²) in [6.45, 7) is 0.707. The van der Waals surface area contributed by atoms with Crippen LogP contribution >= 0.6 is 11.8 Å². The molecule has 0 aliphatic rings. The van der Waals surface area contributed by atoms with Gasteiger partial charge in [0.25, 0.3) is 5.91 Å². The van der Waals surface area contributed by atoms with Gasteiger partial charge in [-0.1, -0.05) is 0 Å². The number of pyridine rings is 1. The first-order valence-corrected chi connectivity index (χ1v) is 5.97. The fourth-order valence-electron chi connectivity index (χ4n) is 1.09. The van der Waals surface area contributed by atoms with Gasteiger partial charge in [-0.25, -0.2) is 0 Å². The van der Waals surface area contributed by atoms with Crippen LogP contribution < -0.4 is 5.56 Å².